The number of carbonyl (C=O) groups excluding carboxylic acids is 2. The zero-order valence-corrected chi connectivity index (χ0v) is 12.0. The van der Waals surface area contributed by atoms with Crippen LogP contribution in [-0.2, 0) is 14.3 Å². The standard InChI is InChI=1S/C13H23NO5/c1-5-18-11(16)10(15)6-9-7-14(8-9)12(17)19-13(2,3)4/h9-10,15H,5-8H2,1-4H3. The summed E-state index contributed by atoms with van der Waals surface area (Å²) in [6, 6.07) is 0. The van der Waals surface area contributed by atoms with Crippen LogP contribution in [0.5, 0.6) is 0 Å². The predicted molar refractivity (Wildman–Crippen MR) is 68.6 cm³/mol. The molecule has 0 spiro atoms. The summed E-state index contributed by atoms with van der Waals surface area (Å²) >= 11 is 0. The third-order valence-corrected chi connectivity index (χ3v) is 2.72. The maximum Gasteiger partial charge on any atom is 0.410 e. The van der Waals surface area contributed by atoms with Crippen molar-refractivity contribution in [2.45, 2.75) is 45.8 Å². The minimum atomic E-state index is -1.11. The number of amides is 1. The molecule has 0 aliphatic carbocycles. The Labute approximate surface area is 113 Å². The van der Waals surface area contributed by atoms with Crippen LogP contribution < -0.4 is 0 Å². The van der Waals surface area contributed by atoms with Gasteiger partial charge in [0.15, 0.2) is 6.10 Å². The van der Waals surface area contributed by atoms with Crippen molar-refractivity contribution in [1.82, 2.24) is 4.90 Å². The van der Waals surface area contributed by atoms with Crippen molar-refractivity contribution in [3.05, 3.63) is 0 Å². The average molecular weight is 273 g/mol. The fourth-order valence-corrected chi connectivity index (χ4v) is 1.84. The van der Waals surface area contributed by atoms with E-state index in [4.69, 9.17) is 9.47 Å². The number of likely N-dealkylation sites (tertiary alicyclic amines) is 1. The molecule has 1 unspecified atom stereocenters. The summed E-state index contributed by atoms with van der Waals surface area (Å²) in [5.74, 6) is -0.481. The van der Waals surface area contributed by atoms with Gasteiger partial charge in [-0.15, -0.1) is 0 Å². The van der Waals surface area contributed by atoms with Gasteiger partial charge in [-0.3, -0.25) is 0 Å². The van der Waals surface area contributed by atoms with Gasteiger partial charge in [-0.2, -0.15) is 0 Å². The monoisotopic (exact) mass is 273 g/mol. The third-order valence-electron chi connectivity index (χ3n) is 2.72. The highest BCUT2D eigenvalue weighted by Crippen LogP contribution is 2.23. The molecule has 0 aromatic carbocycles. The molecule has 1 amide bonds. The highest BCUT2D eigenvalue weighted by molar-refractivity contribution is 5.74. The summed E-state index contributed by atoms with van der Waals surface area (Å²) in [7, 11) is 0. The molecule has 1 aliphatic rings. The number of hydrogen-bond donors (Lipinski definition) is 1. The molecule has 1 fully saturated rings. The fourth-order valence-electron chi connectivity index (χ4n) is 1.84. The smallest absolute Gasteiger partial charge is 0.410 e. The molecule has 1 N–H and O–H groups in total. The van der Waals surface area contributed by atoms with Gasteiger partial charge < -0.3 is 19.5 Å². The van der Waals surface area contributed by atoms with Crippen molar-refractivity contribution in [1.29, 1.82) is 0 Å². The molecule has 1 rings (SSSR count). The van der Waals surface area contributed by atoms with Crippen LogP contribution in [0, 0.1) is 5.92 Å². The number of hydrogen-bond acceptors (Lipinski definition) is 5. The van der Waals surface area contributed by atoms with Crippen LogP contribution in [0.1, 0.15) is 34.1 Å². The van der Waals surface area contributed by atoms with Crippen LogP contribution in [0.2, 0.25) is 0 Å². The largest absolute Gasteiger partial charge is 0.464 e. The molecule has 1 heterocycles. The molecule has 6 nitrogen and oxygen atoms in total. The van der Waals surface area contributed by atoms with Crippen molar-refractivity contribution >= 4 is 12.1 Å². The second kappa shape index (κ2) is 6.23. The van der Waals surface area contributed by atoms with Crippen molar-refractivity contribution in [3.8, 4) is 0 Å². The summed E-state index contributed by atoms with van der Waals surface area (Å²) in [6.45, 7) is 8.39. The zero-order chi connectivity index (χ0) is 14.6. The molecular formula is C13H23NO5. The van der Waals surface area contributed by atoms with E-state index >= 15 is 0 Å². The molecule has 1 atom stereocenters. The van der Waals surface area contributed by atoms with Gasteiger partial charge in [0, 0.05) is 13.1 Å². The van der Waals surface area contributed by atoms with Crippen LogP contribution >= 0.6 is 0 Å². The highest BCUT2D eigenvalue weighted by Gasteiger charge is 2.36. The molecule has 0 radical (unpaired) electrons. The first-order valence-electron chi connectivity index (χ1n) is 6.55. The minimum absolute atomic E-state index is 0.118. The number of ether oxygens (including phenoxy) is 2. The average Bonchev–Trinajstić information content (AvgIpc) is 2.19. The van der Waals surface area contributed by atoms with Gasteiger partial charge in [0.1, 0.15) is 5.60 Å². The number of carbonyl (C=O) groups is 2. The first-order chi connectivity index (χ1) is 8.73. The Morgan fingerprint density at radius 2 is 1.95 bits per heavy atom. The second-order valence-corrected chi connectivity index (χ2v) is 5.75. The summed E-state index contributed by atoms with van der Waals surface area (Å²) in [6.07, 6.45) is -1.14. The maximum atomic E-state index is 11.7. The lowest BCUT2D eigenvalue weighted by Gasteiger charge is -2.40. The van der Waals surface area contributed by atoms with Gasteiger partial charge in [0.2, 0.25) is 0 Å². The van der Waals surface area contributed by atoms with Crippen molar-refractivity contribution < 1.29 is 24.2 Å². The first kappa shape index (κ1) is 15.8. The SMILES string of the molecule is CCOC(=O)C(O)CC1CN(C(=O)OC(C)(C)C)C1. The topological polar surface area (TPSA) is 76.1 Å². The molecular weight excluding hydrogens is 250 g/mol. The Morgan fingerprint density at radius 1 is 1.37 bits per heavy atom. The van der Waals surface area contributed by atoms with Crippen LogP contribution in [-0.4, -0.2) is 53.5 Å². The second-order valence-electron chi connectivity index (χ2n) is 5.75. The molecule has 19 heavy (non-hydrogen) atoms. The van der Waals surface area contributed by atoms with E-state index < -0.39 is 17.7 Å². The predicted octanol–water partition coefficient (Wildman–Crippen LogP) is 1.17. The Hall–Kier alpha value is -1.30. The normalized spacial score (nSPS) is 17.6. The Balaban J connectivity index is 2.27. The van der Waals surface area contributed by atoms with Crippen LogP contribution in [0.3, 0.4) is 0 Å². The first-order valence-corrected chi connectivity index (χ1v) is 6.55. The molecule has 0 saturated carbocycles. The summed E-state index contributed by atoms with van der Waals surface area (Å²) in [5, 5.41) is 9.59. The number of aliphatic hydroxyl groups excluding tert-OH is 1. The van der Waals surface area contributed by atoms with E-state index in [0.717, 1.165) is 0 Å². The number of aliphatic hydroxyl groups is 1. The quantitative estimate of drug-likeness (QED) is 0.778. The number of rotatable bonds is 4. The van der Waals surface area contributed by atoms with Gasteiger partial charge in [0.05, 0.1) is 6.61 Å². The fraction of sp³-hybridized carbons (Fsp3) is 0.846. The van der Waals surface area contributed by atoms with Crippen molar-refractivity contribution in [2.24, 2.45) is 5.92 Å². The molecule has 0 aromatic heterocycles. The third kappa shape index (κ3) is 5.06. The van der Waals surface area contributed by atoms with Crippen LogP contribution in [0.25, 0.3) is 0 Å². The van der Waals surface area contributed by atoms with Crippen LogP contribution in [0.15, 0.2) is 0 Å². The van der Waals surface area contributed by atoms with Crippen LogP contribution in [0.4, 0.5) is 4.79 Å². The minimum Gasteiger partial charge on any atom is -0.464 e. The Kier molecular flexibility index (Phi) is 5.17. The highest BCUT2D eigenvalue weighted by atomic mass is 16.6. The van der Waals surface area contributed by atoms with E-state index in [1.165, 1.54) is 0 Å². The van der Waals surface area contributed by atoms with E-state index in [1.807, 2.05) is 20.8 Å². The van der Waals surface area contributed by atoms with Crippen molar-refractivity contribution in [3.63, 3.8) is 0 Å². The lowest BCUT2D eigenvalue weighted by atomic mass is 9.94. The summed E-state index contributed by atoms with van der Waals surface area (Å²) < 4.78 is 9.93. The summed E-state index contributed by atoms with van der Waals surface area (Å²) in [5.41, 5.74) is -0.507. The number of esters is 1. The van der Waals surface area contributed by atoms with E-state index in [0.29, 0.717) is 19.5 Å². The van der Waals surface area contributed by atoms with E-state index in [1.54, 1.807) is 11.8 Å². The Bertz CT molecular complexity index is 330. The zero-order valence-electron chi connectivity index (χ0n) is 12.0. The van der Waals surface area contributed by atoms with E-state index in [9.17, 15) is 14.7 Å². The lowest BCUT2D eigenvalue weighted by Crippen LogP contribution is -2.52. The maximum absolute atomic E-state index is 11.7. The van der Waals surface area contributed by atoms with Crippen molar-refractivity contribution in [2.75, 3.05) is 19.7 Å². The molecule has 0 aromatic rings. The van der Waals surface area contributed by atoms with Gasteiger partial charge in [0.25, 0.3) is 0 Å². The molecule has 1 saturated heterocycles. The van der Waals surface area contributed by atoms with Gasteiger partial charge in [-0.1, -0.05) is 0 Å². The van der Waals surface area contributed by atoms with Gasteiger partial charge in [-0.05, 0) is 40.0 Å². The van der Waals surface area contributed by atoms with E-state index in [-0.39, 0.29) is 18.6 Å². The number of nitrogens with zero attached hydrogens (tertiary/aromatic N) is 1. The molecule has 1 aliphatic heterocycles. The molecule has 110 valence electrons. The van der Waals surface area contributed by atoms with Gasteiger partial charge >= 0.3 is 12.1 Å². The molecule has 0 bridgehead atoms. The van der Waals surface area contributed by atoms with E-state index in [2.05, 4.69) is 0 Å². The summed E-state index contributed by atoms with van der Waals surface area (Å²) in [4.78, 5) is 24.5. The molecule has 6 heteroatoms. The van der Waals surface area contributed by atoms with Gasteiger partial charge in [-0.25, -0.2) is 9.59 Å². The lowest BCUT2D eigenvalue weighted by molar-refractivity contribution is -0.154. The Morgan fingerprint density at radius 3 is 2.42 bits per heavy atom.